The maximum Gasteiger partial charge on any atom is 0.244 e. The number of halogens is 2. The minimum Gasteiger partial charge on any atom is -0.353 e. The lowest BCUT2D eigenvalue weighted by atomic mass is 9.89. The van der Waals surface area contributed by atoms with Gasteiger partial charge in [-0.1, -0.05) is 22.0 Å². The van der Waals surface area contributed by atoms with Gasteiger partial charge in [-0.25, -0.2) is 4.39 Å². The van der Waals surface area contributed by atoms with Gasteiger partial charge in [-0.3, -0.25) is 10.1 Å². The Hall–Kier alpha value is -0.940. The first-order valence-corrected chi connectivity index (χ1v) is 5.82. The number of benzene rings is 1. The van der Waals surface area contributed by atoms with Crippen LogP contribution in [0.25, 0.3) is 0 Å². The maximum absolute atomic E-state index is 13.8. The molecule has 1 unspecified atom stereocenters. The monoisotopic (exact) mass is 286 g/mol. The molecule has 1 aromatic rings. The van der Waals surface area contributed by atoms with Crippen molar-refractivity contribution in [2.45, 2.75) is 12.5 Å². The Kier molecular flexibility index (Phi) is 2.99. The van der Waals surface area contributed by atoms with Crippen molar-refractivity contribution >= 4 is 21.8 Å². The molecule has 2 rings (SSSR count). The van der Waals surface area contributed by atoms with E-state index in [9.17, 15) is 9.18 Å². The quantitative estimate of drug-likeness (QED) is 0.822. The predicted molar refractivity (Wildman–Crippen MR) is 62.5 cm³/mol. The number of rotatable bonds is 1. The van der Waals surface area contributed by atoms with Crippen LogP contribution in [0.3, 0.4) is 0 Å². The van der Waals surface area contributed by atoms with Gasteiger partial charge in [0.25, 0.3) is 0 Å². The lowest BCUT2D eigenvalue weighted by Gasteiger charge is -2.34. The van der Waals surface area contributed by atoms with E-state index in [-0.39, 0.29) is 11.7 Å². The van der Waals surface area contributed by atoms with Crippen LogP contribution in [0.2, 0.25) is 0 Å². The Morgan fingerprint density at radius 2 is 2.19 bits per heavy atom. The highest BCUT2D eigenvalue weighted by Gasteiger charge is 2.38. The van der Waals surface area contributed by atoms with Crippen LogP contribution in [-0.2, 0) is 10.3 Å². The molecule has 0 radical (unpaired) electrons. The zero-order valence-corrected chi connectivity index (χ0v) is 10.4. The summed E-state index contributed by atoms with van der Waals surface area (Å²) in [6, 6.07) is 4.72. The van der Waals surface area contributed by atoms with E-state index in [0.29, 0.717) is 23.1 Å². The first-order valence-electron chi connectivity index (χ1n) is 5.03. The average Bonchev–Trinajstić information content (AvgIpc) is 2.22. The Morgan fingerprint density at radius 1 is 1.44 bits per heavy atom. The molecule has 1 heterocycles. The summed E-state index contributed by atoms with van der Waals surface area (Å²) in [6.45, 7) is 2.90. The van der Waals surface area contributed by atoms with Gasteiger partial charge in [-0.05, 0) is 19.1 Å². The van der Waals surface area contributed by atoms with E-state index >= 15 is 0 Å². The highest BCUT2D eigenvalue weighted by Crippen LogP contribution is 2.27. The van der Waals surface area contributed by atoms with E-state index in [1.165, 1.54) is 6.07 Å². The molecule has 3 nitrogen and oxygen atoms in total. The lowest BCUT2D eigenvalue weighted by molar-refractivity contribution is -0.129. The molecule has 1 aliphatic rings. The van der Waals surface area contributed by atoms with Crippen LogP contribution in [0.5, 0.6) is 0 Å². The first kappa shape index (κ1) is 11.5. The fourth-order valence-corrected chi connectivity index (χ4v) is 2.19. The summed E-state index contributed by atoms with van der Waals surface area (Å²) >= 11 is 3.19. The van der Waals surface area contributed by atoms with Crippen LogP contribution in [0.15, 0.2) is 22.7 Å². The molecule has 5 heteroatoms. The largest absolute Gasteiger partial charge is 0.353 e. The second-order valence-electron chi connectivity index (χ2n) is 3.93. The molecule has 1 saturated heterocycles. The van der Waals surface area contributed by atoms with Gasteiger partial charge >= 0.3 is 0 Å². The molecule has 1 atom stereocenters. The third kappa shape index (κ3) is 1.85. The van der Waals surface area contributed by atoms with Crippen LogP contribution in [0, 0.1) is 5.82 Å². The summed E-state index contributed by atoms with van der Waals surface area (Å²) in [5.74, 6) is -0.582. The molecule has 16 heavy (non-hydrogen) atoms. The normalized spacial score (nSPS) is 25.3. The molecule has 0 aliphatic carbocycles. The number of hydrogen-bond donors (Lipinski definition) is 2. The van der Waals surface area contributed by atoms with Gasteiger partial charge in [-0.2, -0.15) is 0 Å². The van der Waals surface area contributed by atoms with Gasteiger partial charge in [0, 0.05) is 23.1 Å². The third-order valence-electron chi connectivity index (χ3n) is 2.81. The fourth-order valence-electron chi connectivity index (χ4n) is 1.86. The smallest absolute Gasteiger partial charge is 0.244 e. The molecule has 1 amide bonds. The Balaban J connectivity index is 2.45. The van der Waals surface area contributed by atoms with Crippen molar-refractivity contribution in [1.82, 2.24) is 10.6 Å². The van der Waals surface area contributed by atoms with Gasteiger partial charge in [0.2, 0.25) is 5.91 Å². The Morgan fingerprint density at radius 3 is 2.81 bits per heavy atom. The van der Waals surface area contributed by atoms with E-state index < -0.39 is 5.54 Å². The fraction of sp³-hybridized carbons (Fsp3) is 0.364. The number of piperazine rings is 1. The van der Waals surface area contributed by atoms with E-state index in [1.54, 1.807) is 19.1 Å². The molecule has 0 bridgehead atoms. The zero-order chi connectivity index (χ0) is 11.8. The van der Waals surface area contributed by atoms with Crippen molar-refractivity contribution in [3.63, 3.8) is 0 Å². The molecule has 0 saturated carbocycles. The van der Waals surface area contributed by atoms with Gasteiger partial charge in [-0.15, -0.1) is 0 Å². The number of amides is 1. The van der Waals surface area contributed by atoms with E-state index in [4.69, 9.17) is 0 Å². The standard InChI is InChI=1S/C11H12BrFN2O/c1-11(10(16)14-4-5-15-11)8-3-2-7(12)6-9(8)13/h2-3,6,15H,4-5H2,1H3,(H,14,16). The molecular formula is C11H12BrFN2O. The van der Waals surface area contributed by atoms with Crippen molar-refractivity contribution in [2.75, 3.05) is 13.1 Å². The van der Waals surface area contributed by atoms with Gasteiger partial charge in [0.15, 0.2) is 0 Å². The van der Waals surface area contributed by atoms with E-state index in [1.807, 2.05) is 0 Å². The minimum absolute atomic E-state index is 0.194. The van der Waals surface area contributed by atoms with Crippen molar-refractivity contribution in [1.29, 1.82) is 0 Å². The van der Waals surface area contributed by atoms with E-state index in [0.717, 1.165) is 0 Å². The number of carbonyl (C=O) groups is 1. The minimum atomic E-state index is -0.983. The molecule has 1 aliphatic heterocycles. The summed E-state index contributed by atoms with van der Waals surface area (Å²) in [7, 11) is 0. The molecule has 1 aromatic carbocycles. The number of hydrogen-bond acceptors (Lipinski definition) is 2. The summed E-state index contributed by atoms with van der Waals surface area (Å²) in [6.07, 6.45) is 0. The first-order chi connectivity index (χ1) is 7.54. The second-order valence-corrected chi connectivity index (χ2v) is 4.85. The van der Waals surface area contributed by atoms with Crippen LogP contribution < -0.4 is 10.6 Å². The van der Waals surface area contributed by atoms with Crippen LogP contribution in [-0.4, -0.2) is 19.0 Å². The topological polar surface area (TPSA) is 41.1 Å². The summed E-state index contributed by atoms with van der Waals surface area (Å²) in [5, 5.41) is 5.79. The molecule has 0 aromatic heterocycles. The van der Waals surface area contributed by atoms with Gasteiger partial charge < -0.3 is 5.32 Å². The van der Waals surface area contributed by atoms with Crippen molar-refractivity contribution < 1.29 is 9.18 Å². The zero-order valence-electron chi connectivity index (χ0n) is 8.81. The van der Waals surface area contributed by atoms with Gasteiger partial charge in [0.05, 0.1) is 0 Å². The highest BCUT2D eigenvalue weighted by atomic mass is 79.9. The molecular weight excluding hydrogens is 275 g/mol. The molecule has 86 valence electrons. The van der Waals surface area contributed by atoms with Crippen LogP contribution in [0.4, 0.5) is 4.39 Å². The summed E-state index contributed by atoms with van der Waals surface area (Å²) in [4.78, 5) is 11.8. The number of nitrogens with one attached hydrogen (secondary N) is 2. The van der Waals surface area contributed by atoms with Crippen molar-refractivity contribution in [2.24, 2.45) is 0 Å². The summed E-state index contributed by atoms with van der Waals surface area (Å²) < 4.78 is 14.5. The van der Waals surface area contributed by atoms with E-state index in [2.05, 4.69) is 26.6 Å². The summed E-state index contributed by atoms with van der Waals surface area (Å²) in [5.41, 5.74) is -0.615. The average molecular weight is 287 g/mol. The van der Waals surface area contributed by atoms with Crippen LogP contribution in [0.1, 0.15) is 12.5 Å². The number of carbonyl (C=O) groups excluding carboxylic acids is 1. The van der Waals surface area contributed by atoms with Gasteiger partial charge in [0.1, 0.15) is 11.4 Å². The maximum atomic E-state index is 13.8. The Labute approximate surface area is 102 Å². The molecule has 1 fully saturated rings. The molecule has 0 spiro atoms. The predicted octanol–water partition coefficient (Wildman–Crippen LogP) is 1.52. The van der Waals surface area contributed by atoms with Crippen molar-refractivity contribution in [3.8, 4) is 0 Å². The van der Waals surface area contributed by atoms with Crippen molar-refractivity contribution in [3.05, 3.63) is 34.1 Å². The Bertz CT molecular complexity index is 438. The highest BCUT2D eigenvalue weighted by molar-refractivity contribution is 9.10. The molecule has 2 N–H and O–H groups in total. The second kappa shape index (κ2) is 4.14. The SMILES string of the molecule is CC1(c2ccc(Br)cc2F)NCCNC1=O. The third-order valence-corrected chi connectivity index (χ3v) is 3.31. The van der Waals surface area contributed by atoms with Crippen LogP contribution >= 0.6 is 15.9 Å². The lowest BCUT2D eigenvalue weighted by Crippen LogP contribution is -2.59.